The number of nitrogens with zero attached hydrogens (tertiary/aromatic N) is 5. The normalized spacial score (nSPS) is 13.9. The first kappa shape index (κ1) is 23.5. The largest absolute Gasteiger partial charge is 0.495 e. The second-order valence-electron chi connectivity index (χ2n) is 8.99. The molecule has 0 bridgehead atoms. The Balaban J connectivity index is 1.46. The van der Waals surface area contributed by atoms with Crippen LogP contribution in [0.4, 0.5) is 5.69 Å². The molecule has 0 unspecified atom stereocenters. The number of rotatable bonds is 5. The Morgan fingerprint density at radius 3 is 2.25 bits per heavy atom. The van der Waals surface area contributed by atoms with Gasteiger partial charge in [-0.05, 0) is 17.7 Å². The Morgan fingerprint density at radius 2 is 1.56 bits per heavy atom. The van der Waals surface area contributed by atoms with E-state index in [2.05, 4.69) is 4.90 Å². The van der Waals surface area contributed by atoms with Gasteiger partial charge in [-0.15, -0.1) is 0 Å². The van der Waals surface area contributed by atoms with Gasteiger partial charge in [0.2, 0.25) is 5.91 Å². The molecular formula is C27H29N5O4. The van der Waals surface area contributed by atoms with E-state index in [0.717, 1.165) is 27.1 Å². The molecule has 1 fully saturated rings. The molecule has 9 heteroatoms. The average molecular weight is 488 g/mol. The third-order valence-electron chi connectivity index (χ3n) is 6.89. The lowest BCUT2D eigenvalue weighted by Gasteiger charge is -2.36. The third kappa shape index (κ3) is 3.96. The van der Waals surface area contributed by atoms with Crippen LogP contribution >= 0.6 is 0 Å². The first-order valence-electron chi connectivity index (χ1n) is 11.9. The van der Waals surface area contributed by atoms with Gasteiger partial charge in [0.15, 0.2) is 0 Å². The topological polar surface area (TPSA) is 81.7 Å². The van der Waals surface area contributed by atoms with Crippen molar-refractivity contribution in [3.8, 4) is 16.9 Å². The second-order valence-corrected chi connectivity index (χ2v) is 8.99. The Morgan fingerprint density at radius 1 is 0.889 bits per heavy atom. The fourth-order valence-electron chi connectivity index (χ4n) is 4.96. The van der Waals surface area contributed by atoms with Gasteiger partial charge >= 0.3 is 5.69 Å². The fourth-order valence-corrected chi connectivity index (χ4v) is 4.96. The zero-order valence-corrected chi connectivity index (χ0v) is 20.7. The minimum atomic E-state index is -0.503. The van der Waals surface area contributed by atoms with Crippen LogP contribution in [0, 0.1) is 0 Å². The van der Waals surface area contributed by atoms with E-state index in [4.69, 9.17) is 4.74 Å². The first-order valence-corrected chi connectivity index (χ1v) is 11.9. The number of hydrogen-bond acceptors (Lipinski definition) is 5. The maximum absolute atomic E-state index is 13.4. The average Bonchev–Trinajstić information content (AvgIpc) is 3.27. The summed E-state index contributed by atoms with van der Waals surface area (Å²) in [6.45, 7) is 2.23. The number of carbonyl (C=O) groups is 1. The predicted molar refractivity (Wildman–Crippen MR) is 140 cm³/mol. The van der Waals surface area contributed by atoms with Gasteiger partial charge in [0.1, 0.15) is 17.8 Å². The number of piperazine rings is 1. The monoisotopic (exact) mass is 487 g/mol. The van der Waals surface area contributed by atoms with E-state index in [-0.39, 0.29) is 18.0 Å². The lowest BCUT2D eigenvalue weighted by Crippen LogP contribution is -2.50. The summed E-state index contributed by atoms with van der Waals surface area (Å²) in [5, 5.41) is 0. The minimum Gasteiger partial charge on any atom is -0.495 e. The SMILES string of the molecule is COc1ccccc1N1CCN(C(=O)Cn2c(=O)n(C)c(=O)c3c2c(-c2ccccc2)cn3C)CC1. The molecule has 5 rings (SSSR count). The number of carbonyl (C=O) groups excluding carboxylic acids is 1. The van der Waals surface area contributed by atoms with Crippen molar-refractivity contribution in [2.45, 2.75) is 6.54 Å². The van der Waals surface area contributed by atoms with E-state index in [1.807, 2.05) is 60.8 Å². The minimum absolute atomic E-state index is 0.137. The van der Waals surface area contributed by atoms with Gasteiger partial charge in [0.25, 0.3) is 5.56 Å². The molecule has 36 heavy (non-hydrogen) atoms. The summed E-state index contributed by atoms with van der Waals surface area (Å²) in [6, 6.07) is 17.4. The van der Waals surface area contributed by atoms with Crippen molar-refractivity contribution in [3.63, 3.8) is 0 Å². The van der Waals surface area contributed by atoms with Crippen LogP contribution in [0.15, 0.2) is 70.4 Å². The number of fused-ring (bicyclic) bond motifs is 1. The van der Waals surface area contributed by atoms with E-state index in [0.29, 0.717) is 37.2 Å². The lowest BCUT2D eigenvalue weighted by molar-refractivity contribution is -0.132. The quantitative estimate of drug-likeness (QED) is 0.431. The van der Waals surface area contributed by atoms with Gasteiger partial charge in [-0.3, -0.25) is 18.7 Å². The van der Waals surface area contributed by atoms with E-state index in [1.165, 1.54) is 11.6 Å². The molecule has 2 aromatic heterocycles. The first-order chi connectivity index (χ1) is 17.4. The summed E-state index contributed by atoms with van der Waals surface area (Å²) < 4.78 is 9.73. The molecule has 2 aromatic carbocycles. The number of methoxy groups -OCH3 is 1. The van der Waals surface area contributed by atoms with Crippen molar-refractivity contribution < 1.29 is 9.53 Å². The Kier molecular flexibility index (Phi) is 6.13. The van der Waals surface area contributed by atoms with Crippen LogP contribution in [0.5, 0.6) is 5.75 Å². The highest BCUT2D eigenvalue weighted by molar-refractivity contribution is 5.94. The van der Waals surface area contributed by atoms with Crippen molar-refractivity contribution in [2.24, 2.45) is 14.1 Å². The van der Waals surface area contributed by atoms with Gasteiger partial charge in [0, 0.05) is 52.0 Å². The maximum atomic E-state index is 13.4. The third-order valence-corrected chi connectivity index (χ3v) is 6.89. The number of aryl methyl sites for hydroxylation is 1. The summed E-state index contributed by atoms with van der Waals surface area (Å²) in [5.74, 6) is 0.647. The predicted octanol–water partition coefficient (Wildman–Crippen LogP) is 2.06. The van der Waals surface area contributed by atoms with Gasteiger partial charge in [-0.2, -0.15) is 0 Å². The van der Waals surface area contributed by atoms with Crippen LogP contribution in [0.25, 0.3) is 22.2 Å². The fraction of sp³-hybridized carbons (Fsp3) is 0.296. The molecule has 0 spiro atoms. The number of hydrogen-bond donors (Lipinski definition) is 0. The van der Waals surface area contributed by atoms with Gasteiger partial charge in [0.05, 0.1) is 18.3 Å². The zero-order chi connectivity index (χ0) is 25.4. The van der Waals surface area contributed by atoms with Crippen LogP contribution < -0.4 is 20.9 Å². The van der Waals surface area contributed by atoms with Crippen LogP contribution in [-0.4, -0.2) is 57.8 Å². The molecule has 186 valence electrons. The number of benzene rings is 2. The summed E-state index contributed by atoms with van der Waals surface area (Å²) >= 11 is 0. The molecule has 1 amide bonds. The van der Waals surface area contributed by atoms with E-state index < -0.39 is 5.69 Å². The van der Waals surface area contributed by atoms with Gasteiger partial charge < -0.3 is 19.1 Å². The molecule has 9 nitrogen and oxygen atoms in total. The standard InChI is InChI=1S/C27H29N5O4/c1-28-17-20(19-9-5-4-6-10-19)24-25(28)26(34)29(2)27(35)32(24)18-23(33)31-15-13-30(14-16-31)21-11-7-8-12-22(21)36-3/h4-12,17H,13-16,18H2,1-3H3. The molecule has 4 aromatic rings. The maximum Gasteiger partial charge on any atom is 0.331 e. The van der Waals surface area contributed by atoms with E-state index in [9.17, 15) is 14.4 Å². The Hall–Kier alpha value is -4.27. The molecule has 0 N–H and O–H groups in total. The molecule has 1 saturated heterocycles. The van der Waals surface area contributed by atoms with Crippen molar-refractivity contribution in [1.82, 2.24) is 18.6 Å². The van der Waals surface area contributed by atoms with Crippen LogP contribution in [-0.2, 0) is 25.4 Å². The Bertz CT molecular complexity index is 1540. The number of aromatic nitrogens is 3. The smallest absolute Gasteiger partial charge is 0.331 e. The molecule has 1 aliphatic heterocycles. The van der Waals surface area contributed by atoms with Crippen molar-refractivity contribution >= 4 is 22.6 Å². The van der Waals surface area contributed by atoms with Gasteiger partial charge in [-0.1, -0.05) is 42.5 Å². The molecule has 3 heterocycles. The number of amides is 1. The highest BCUT2D eigenvalue weighted by atomic mass is 16.5. The second kappa shape index (κ2) is 9.41. The number of anilines is 1. The highest BCUT2D eigenvalue weighted by Crippen LogP contribution is 2.29. The number of para-hydroxylation sites is 2. The van der Waals surface area contributed by atoms with Gasteiger partial charge in [-0.25, -0.2) is 4.79 Å². The summed E-state index contributed by atoms with van der Waals surface area (Å²) in [6.07, 6.45) is 1.84. The number of ether oxygens (including phenoxy) is 1. The van der Waals surface area contributed by atoms with Crippen LogP contribution in [0.1, 0.15) is 0 Å². The van der Waals surface area contributed by atoms with E-state index in [1.54, 1.807) is 23.6 Å². The molecule has 0 aliphatic carbocycles. The molecule has 0 saturated carbocycles. The summed E-state index contributed by atoms with van der Waals surface area (Å²) in [4.78, 5) is 43.6. The molecule has 0 radical (unpaired) electrons. The van der Waals surface area contributed by atoms with Crippen molar-refractivity contribution in [3.05, 3.63) is 81.6 Å². The summed E-state index contributed by atoms with van der Waals surface area (Å²) in [7, 11) is 4.88. The van der Waals surface area contributed by atoms with Crippen molar-refractivity contribution in [1.29, 1.82) is 0 Å². The molecular weight excluding hydrogens is 458 g/mol. The lowest BCUT2D eigenvalue weighted by atomic mass is 10.1. The van der Waals surface area contributed by atoms with Crippen LogP contribution in [0.3, 0.4) is 0 Å². The molecule has 0 atom stereocenters. The zero-order valence-electron chi connectivity index (χ0n) is 20.7. The van der Waals surface area contributed by atoms with Crippen molar-refractivity contribution in [2.75, 3.05) is 38.2 Å². The van der Waals surface area contributed by atoms with E-state index >= 15 is 0 Å². The summed E-state index contributed by atoms with van der Waals surface area (Å²) in [5.41, 5.74) is 2.62. The Labute approximate surface area is 208 Å². The highest BCUT2D eigenvalue weighted by Gasteiger charge is 2.26. The molecule has 1 aliphatic rings. The van der Waals surface area contributed by atoms with Crippen LogP contribution in [0.2, 0.25) is 0 Å².